The number of hydrazone groups is 1. The number of carbonyl (C=O) groups is 1. The summed E-state index contributed by atoms with van der Waals surface area (Å²) in [6, 6.07) is 4.87. The zero-order valence-electron chi connectivity index (χ0n) is 12.9. The van der Waals surface area contributed by atoms with Crippen molar-refractivity contribution in [1.82, 2.24) is 5.01 Å². The highest BCUT2D eigenvalue weighted by Crippen LogP contribution is 2.45. The van der Waals surface area contributed by atoms with Crippen LogP contribution in [0.15, 0.2) is 29.4 Å². The van der Waals surface area contributed by atoms with Gasteiger partial charge in [0.05, 0.1) is 11.3 Å². The van der Waals surface area contributed by atoms with Gasteiger partial charge in [0, 0.05) is 24.3 Å². The number of alkyl halides is 3. The Hall–Kier alpha value is -2.49. The highest BCUT2D eigenvalue weighted by Gasteiger charge is 2.64. The summed E-state index contributed by atoms with van der Waals surface area (Å²) in [6.45, 7) is 0. The molecule has 1 amide bonds. The number of non-ortho nitro benzene ring substituents is 1. The first-order valence-corrected chi connectivity index (χ1v) is 7.55. The summed E-state index contributed by atoms with van der Waals surface area (Å²) < 4.78 is 39.9. The number of aliphatic hydroxyl groups is 1. The Morgan fingerprint density at radius 3 is 2.44 bits per heavy atom. The van der Waals surface area contributed by atoms with Crippen LogP contribution in [0, 0.1) is 16.0 Å². The van der Waals surface area contributed by atoms with Gasteiger partial charge in [-0.1, -0.05) is 12.1 Å². The minimum absolute atomic E-state index is 0.113. The van der Waals surface area contributed by atoms with Gasteiger partial charge in [-0.2, -0.15) is 23.3 Å². The van der Waals surface area contributed by atoms with E-state index in [1.54, 1.807) is 0 Å². The minimum atomic E-state index is -5.04. The third kappa shape index (κ3) is 3.21. The molecule has 0 bridgehead atoms. The molecule has 10 heteroatoms. The number of benzene rings is 1. The van der Waals surface area contributed by atoms with Crippen LogP contribution in [0.2, 0.25) is 0 Å². The van der Waals surface area contributed by atoms with Crippen molar-refractivity contribution >= 4 is 17.3 Å². The first kappa shape index (κ1) is 17.3. The Morgan fingerprint density at radius 1 is 1.36 bits per heavy atom. The highest BCUT2D eigenvalue weighted by atomic mass is 19.4. The van der Waals surface area contributed by atoms with Gasteiger partial charge in [-0.15, -0.1) is 0 Å². The Balaban J connectivity index is 1.81. The number of nitro groups is 1. The maximum absolute atomic E-state index is 13.3. The van der Waals surface area contributed by atoms with Crippen LogP contribution in [0.3, 0.4) is 0 Å². The number of carbonyl (C=O) groups excluding carboxylic acids is 1. The highest BCUT2D eigenvalue weighted by molar-refractivity contribution is 5.94. The Morgan fingerprint density at radius 2 is 1.96 bits per heavy atom. The summed E-state index contributed by atoms with van der Waals surface area (Å²) in [6.07, 6.45) is -4.86. The second kappa shape index (κ2) is 5.80. The predicted octanol–water partition coefficient (Wildman–Crippen LogP) is 2.39. The van der Waals surface area contributed by atoms with Crippen molar-refractivity contribution in [3.05, 3.63) is 39.9 Å². The van der Waals surface area contributed by atoms with Crippen molar-refractivity contribution in [3.8, 4) is 0 Å². The van der Waals surface area contributed by atoms with E-state index in [2.05, 4.69) is 5.10 Å². The SMILES string of the molecule is O=C(Cc1ccc([N+](=O)[O-])cc1)N1N=C(C2CC2)C[C@@]1(O)C(F)(F)F. The van der Waals surface area contributed by atoms with Crippen LogP contribution >= 0.6 is 0 Å². The second-order valence-electron chi connectivity index (χ2n) is 6.16. The summed E-state index contributed by atoms with van der Waals surface area (Å²) in [4.78, 5) is 22.3. The van der Waals surface area contributed by atoms with Crippen molar-refractivity contribution in [1.29, 1.82) is 0 Å². The Bertz CT molecular complexity index is 743. The summed E-state index contributed by atoms with van der Waals surface area (Å²) in [7, 11) is 0. The Labute approximate surface area is 139 Å². The van der Waals surface area contributed by atoms with E-state index in [0.717, 1.165) is 12.1 Å². The van der Waals surface area contributed by atoms with Gasteiger partial charge in [0.2, 0.25) is 5.91 Å². The molecule has 1 N–H and O–H groups in total. The zero-order valence-corrected chi connectivity index (χ0v) is 12.9. The normalized spacial score (nSPS) is 23.5. The van der Waals surface area contributed by atoms with Gasteiger partial charge in [0.25, 0.3) is 11.4 Å². The van der Waals surface area contributed by atoms with Crippen LogP contribution in [0.1, 0.15) is 24.8 Å². The summed E-state index contributed by atoms with van der Waals surface area (Å²) in [5, 5.41) is 24.5. The molecule has 0 aromatic heterocycles. The fourth-order valence-corrected chi connectivity index (χ4v) is 2.68. The molecular weight excluding hydrogens is 343 g/mol. The quantitative estimate of drug-likeness (QED) is 0.661. The standard InChI is InChI=1S/C15H14F3N3O4/c16-15(17,18)14(23)8-12(10-3-4-10)19-20(14)13(22)7-9-1-5-11(6-2-9)21(24)25/h1-2,5-6,10,23H,3-4,7-8H2/t14-/m1/s1. The van der Waals surface area contributed by atoms with Crippen LogP contribution in [0.5, 0.6) is 0 Å². The van der Waals surface area contributed by atoms with Gasteiger partial charge >= 0.3 is 6.18 Å². The largest absolute Gasteiger partial charge is 0.438 e. The lowest BCUT2D eigenvalue weighted by molar-refractivity contribution is -0.384. The summed E-state index contributed by atoms with van der Waals surface area (Å²) in [5.74, 6) is -1.14. The molecule has 0 saturated heterocycles. The van der Waals surface area contributed by atoms with Crippen LogP contribution in [0.25, 0.3) is 0 Å². The topological polar surface area (TPSA) is 96.0 Å². The number of nitrogens with zero attached hydrogens (tertiary/aromatic N) is 3. The molecule has 1 aliphatic heterocycles. The van der Waals surface area contributed by atoms with Crippen LogP contribution in [-0.2, 0) is 11.2 Å². The summed E-state index contributed by atoms with van der Waals surface area (Å²) in [5.41, 5.74) is -3.08. The van der Waals surface area contributed by atoms with Crippen molar-refractivity contribution in [2.24, 2.45) is 11.0 Å². The molecule has 134 valence electrons. The molecule has 0 spiro atoms. The van der Waals surface area contributed by atoms with Crippen LogP contribution < -0.4 is 0 Å². The number of rotatable bonds is 4. The fourth-order valence-electron chi connectivity index (χ4n) is 2.68. The minimum Gasteiger partial charge on any atom is -0.362 e. The number of amides is 1. The van der Waals surface area contributed by atoms with Crippen LogP contribution in [-0.4, -0.2) is 38.6 Å². The fraction of sp³-hybridized carbons (Fsp3) is 0.467. The second-order valence-corrected chi connectivity index (χ2v) is 6.16. The molecule has 2 aliphatic rings. The number of hydrogen-bond acceptors (Lipinski definition) is 5. The lowest BCUT2D eigenvalue weighted by Crippen LogP contribution is -2.57. The molecular formula is C15H14F3N3O4. The van der Waals surface area contributed by atoms with Crippen molar-refractivity contribution in [2.75, 3.05) is 0 Å². The predicted molar refractivity (Wildman–Crippen MR) is 79.4 cm³/mol. The average molecular weight is 357 g/mol. The molecule has 1 fully saturated rings. The van der Waals surface area contributed by atoms with Crippen molar-refractivity contribution in [2.45, 2.75) is 37.6 Å². The molecule has 1 aromatic carbocycles. The van der Waals surface area contributed by atoms with Gasteiger partial charge in [-0.25, -0.2) is 0 Å². The molecule has 3 rings (SSSR count). The first-order valence-electron chi connectivity index (χ1n) is 7.55. The number of nitro benzene ring substituents is 1. The maximum atomic E-state index is 13.3. The average Bonchev–Trinajstić information content (AvgIpc) is 3.30. The maximum Gasteiger partial charge on any atom is 0.438 e. The monoisotopic (exact) mass is 357 g/mol. The molecule has 25 heavy (non-hydrogen) atoms. The number of halogens is 3. The van der Waals surface area contributed by atoms with Crippen molar-refractivity contribution < 1.29 is 28.0 Å². The molecule has 1 saturated carbocycles. The van der Waals surface area contributed by atoms with Gasteiger partial charge in [-0.3, -0.25) is 14.9 Å². The lowest BCUT2D eigenvalue weighted by Gasteiger charge is -2.32. The van der Waals surface area contributed by atoms with E-state index in [-0.39, 0.29) is 27.9 Å². The van der Waals surface area contributed by atoms with E-state index >= 15 is 0 Å². The first-order chi connectivity index (χ1) is 11.6. The van der Waals surface area contributed by atoms with E-state index in [4.69, 9.17) is 0 Å². The van der Waals surface area contributed by atoms with E-state index in [1.165, 1.54) is 12.1 Å². The smallest absolute Gasteiger partial charge is 0.362 e. The number of hydrogen-bond donors (Lipinski definition) is 1. The molecule has 1 aromatic rings. The third-order valence-corrected chi connectivity index (χ3v) is 4.25. The van der Waals surface area contributed by atoms with Crippen molar-refractivity contribution in [3.63, 3.8) is 0 Å². The molecule has 0 unspecified atom stereocenters. The van der Waals surface area contributed by atoms with Crippen LogP contribution in [0.4, 0.5) is 18.9 Å². The third-order valence-electron chi connectivity index (χ3n) is 4.25. The molecule has 1 atom stereocenters. The Kier molecular flexibility index (Phi) is 4.02. The molecule has 1 aliphatic carbocycles. The van der Waals surface area contributed by atoms with E-state index in [0.29, 0.717) is 12.8 Å². The molecule has 1 heterocycles. The van der Waals surface area contributed by atoms with Gasteiger partial charge in [-0.05, 0) is 24.3 Å². The van der Waals surface area contributed by atoms with Gasteiger partial charge < -0.3 is 5.11 Å². The molecule has 7 nitrogen and oxygen atoms in total. The van der Waals surface area contributed by atoms with Gasteiger partial charge in [0.15, 0.2) is 0 Å². The lowest BCUT2D eigenvalue weighted by atomic mass is 10.0. The summed E-state index contributed by atoms with van der Waals surface area (Å²) >= 11 is 0. The van der Waals surface area contributed by atoms with E-state index in [9.17, 15) is 33.2 Å². The zero-order chi connectivity index (χ0) is 18.4. The molecule has 0 radical (unpaired) electrons. The van der Waals surface area contributed by atoms with Gasteiger partial charge in [0.1, 0.15) is 0 Å². The van der Waals surface area contributed by atoms with E-state index in [1.807, 2.05) is 0 Å². The van der Waals surface area contributed by atoms with E-state index < -0.39 is 35.6 Å².